The van der Waals surface area contributed by atoms with Crippen LogP contribution in [0.2, 0.25) is 0 Å². The summed E-state index contributed by atoms with van der Waals surface area (Å²) in [6.07, 6.45) is 0. The number of amides is 1. The van der Waals surface area contributed by atoms with Gasteiger partial charge in [0.1, 0.15) is 17.9 Å². The average molecular weight is 443 g/mol. The van der Waals surface area contributed by atoms with Crippen molar-refractivity contribution in [3.63, 3.8) is 0 Å². The number of fused-ring (bicyclic) bond motifs is 1. The molecule has 2 N–H and O–H groups in total. The number of hydrogen-bond donors (Lipinski definition) is 2. The zero-order chi connectivity index (χ0) is 22.4. The highest BCUT2D eigenvalue weighted by molar-refractivity contribution is 8.13. The standard InChI is InChI=1S/C21H17NO8S/c1-12(23)22-14-2-5-16(6-3-14)31-21(27)29-10-13-8-20(26)30-18-9-15(4-7-17(13)18)28-11-19(24)25/h2-9H,10-11H2,1H3,(H,22,23)(H,24,25). The van der Waals surface area contributed by atoms with Crippen molar-refractivity contribution in [1.82, 2.24) is 0 Å². The Kier molecular flexibility index (Phi) is 6.93. The van der Waals surface area contributed by atoms with E-state index in [-0.39, 0.29) is 23.8 Å². The molecule has 9 nitrogen and oxygen atoms in total. The summed E-state index contributed by atoms with van der Waals surface area (Å²) in [7, 11) is 0. The molecule has 1 amide bonds. The molecule has 0 fully saturated rings. The maximum absolute atomic E-state index is 12.2. The van der Waals surface area contributed by atoms with Crippen LogP contribution < -0.4 is 15.7 Å². The first-order valence-electron chi connectivity index (χ1n) is 8.94. The zero-order valence-corrected chi connectivity index (χ0v) is 17.1. The van der Waals surface area contributed by atoms with E-state index >= 15 is 0 Å². The molecule has 1 heterocycles. The van der Waals surface area contributed by atoms with Crippen molar-refractivity contribution in [2.45, 2.75) is 18.4 Å². The van der Waals surface area contributed by atoms with Gasteiger partial charge in [-0.15, -0.1) is 0 Å². The average Bonchev–Trinajstić information content (AvgIpc) is 2.71. The first-order chi connectivity index (χ1) is 14.8. The molecule has 2 aromatic carbocycles. The van der Waals surface area contributed by atoms with Gasteiger partial charge >= 0.3 is 16.9 Å². The summed E-state index contributed by atoms with van der Waals surface area (Å²) in [6, 6.07) is 12.4. The first kappa shape index (κ1) is 21.9. The van der Waals surface area contributed by atoms with Crippen LogP contribution in [0, 0.1) is 0 Å². The van der Waals surface area contributed by atoms with Gasteiger partial charge in [0.15, 0.2) is 6.61 Å². The molecular formula is C21H17NO8S. The SMILES string of the molecule is CC(=O)Nc1ccc(SC(=O)OCc2cc(=O)oc3cc(OCC(=O)O)ccc23)cc1. The van der Waals surface area contributed by atoms with Crippen LogP contribution in [0.3, 0.4) is 0 Å². The van der Waals surface area contributed by atoms with Gasteiger partial charge in [0.25, 0.3) is 0 Å². The molecule has 0 aliphatic carbocycles. The number of rotatable bonds is 7. The van der Waals surface area contributed by atoms with E-state index in [1.165, 1.54) is 25.1 Å². The van der Waals surface area contributed by atoms with Crippen LogP contribution in [0.4, 0.5) is 10.5 Å². The molecule has 0 spiro atoms. The van der Waals surface area contributed by atoms with Gasteiger partial charge in [0.05, 0.1) is 0 Å². The Bertz CT molecular complexity index is 1190. The van der Waals surface area contributed by atoms with Crippen molar-refractivity contribution in [1.29, 1.82) is 0 Å². The Balaban J connectivity index is 1.67. The van der Waals surface area contributed by atoms with E-state index < -0.39 is 23.5 Å². The Hall–Kier alpha value is -3.79. The highest BCUT2D eigenvalue weighted by atomic mass is 32.2. The van der Waals surface area contributed by atoms with Crippen LogP contribution in [0.1, 0.15) is 12.5 Å². The minimum Gasteiger partial charge on any atom is -0.482 e. The quantitative estimate of drug-likeness (QED) is 0.319. The molecule has 3 rings (SSSR count). The normalized spacial score (nSPS) is 10.5. The van der Waals surface area contributed by atoms with Gasteiger partial charge in [0, 0.05) is 40.6 Å². The van der Waals surface area contributed by atoms with Crippen LogP contribution in [0.5, 0.6) is 5.75 Å². The lowest BCUT2D eigenvalue weighted by Crippen LogP contribution is -2.09. The number of thioether (sulfide) groups is 1. The monoisotopic (exact) mass is 443 g/mol. The maximum Gasteiger partial charge on any atom is 0.372 e. The summed E-state index contributed by atoms with van der Waals surface area (Å²) < 4.78 is 15.5. The van der Waals surface area contributed by atoms with Crippen LogP contribution in [0.15, 0.2) is 62.6 Å². The molecule has 160 valence electrons. The number of carboxylic acids is 1. The van der Waals surface area contributed by atoms with Gasteiger partial charge in [-0.2, -0.15) is 0 Å². The summed E-state index contributed by atoms with van der Waals surface area (Å²) in [6.45, 7) is 0.709. The maximum atomic E-state index is 12.2. The van der Waals surface area contributed by atoms with Crippen molar-refractivity contribution in [3.8, 4) is 5.75 Å². The molecule has 0 aliphatic rings. The lowest BCUT2D eigenvalue weighted by atomic mass is 10.1. The first-order valence-corrected chi connectivity index (χ1v) is 9.75. The van der Waals surface area contributed by atoms with Gasteiger partial charge in [-0.1, -0.05) is 0 Å². The summed E-state index contributed by atoms with van der Waals surface area (Å²) in [4.78, 5) is 46.3. The number of carbonyl (C=O) groups is 3. The van der Waals surface area contributed by atoms with Gasteiger partial charge in [-0.05, 0) is 48.2 Å². The second kappa shape index (κ2) is 9.81. The van der Waals surface area contributed by atoms with Gasteiger partial charge in [-0.3, -0.25) is 4.79 Å². The molecule has 0 bridgehead atoms. The topological polar surface area (TPSA) is 132 Å². The van der Waals surface area contributed by atoms with Crippen LogP contribution >= 0.6 is 11.8 Å². The Morgan fingerprint density at radius 1 is 1.10 bits per heavy atom. The number of carbonyl (C=O) groups excluding carboxylic acids is 2. The number of anilines is 1. The van der Waals surface area contributed by atoms with Crippen molar-refractivity contribution in [2.24, 2.45) is 0 Å². The van der Waals surface area contributed by atoms with E-state index in [9.17, 15) is 19.2 Å². The second-order valence-electron chi connectivity index (χ2n) is 6.28. The third-order valence-electron chi connectivity index (χ3n) is 3.89. The van der Waals surface area contributed by atoms with Crippen LogP contribution in [-0.4, -0.2) is 28.9 Å². The fraction of sp³-hybridized carbons (Fsp3) is 0.143. The van der Waals surface area contributed by atoms with E-state index in [0.29, 0.717) is 21.5 Å². The lowest BCUT2D eigenvalue weighted by Gasteiger charge is -2.09. The molecule has 0 atom stereocenters. The number of nitrogens with one attached hydrogen (secondary N) is 1. The molecule has 3 aromatic rings. The van der Waals surface area contributed by atoms with Crippen molar-refractivity contribution < 1.29 is 33.4 Å². The molecule has 0 saturated carbocycles. The van der Waals surface area contributed by atoms with Crippen LogP contribution in [-0.2, 0) is 20.9 Å². The minimum absolute atomic E-state index is 0.159. The molecular weight excluding hydrogens is 426 g/mol. The molecule has 0 unspecified atom stereocenters. The van der Waals surface area contributed by atoms with Crippen LogP contribution in [0.25, 0.3) is 11.0 Å². The third kappa shape index (κ3) is 6.34. The Morgan fingerprint density at radius 2 is 1.84 bits per heavy atom. The predicted octanol–water partition coefficient (Wildman–Crippen LogP) is 3.64. The number of benzene rings is 2. The van der Waals surface area contributed by atoms with Crippen molar-refractivity contribution >= 4 is 45.6 Å². The van der Waals surface area contributed by atoms with E-state index in [0.717, 1.165) is 11.8 Å². The van der Waals surface area contributed by atoms with Crippen molar-refractivity contribution in [2.75, 3.05) is 11.9 Å². The summed E-state index contributed by atoms with van der Waals surface area (Å²) in [5, 5.41) is 11.3. The molecule has 0 saturated heterocycles. The minimum atomic E-state index is -1.13. The zero-order valence-electron chi connectivity index (χ0n) is 16.2. The van der Waals surface area contributed by atoms with E-state index in [2.05, 4.69) is 5.32 Å². The lowest BCUT2D eigenvalue weighted by molar-refractivity contribution is -0.139. The number of ether oxygens (including phenoxy) is 2. The fourth-order valence-corrected chi connectivity index (χ4v) is 3.22. The van der Waals surface area contributed by atoms with Gasteiger partial charge in [0.2, 0.25) is 5.91 Å². The van der Waals surface area contributed by atoms with E-state index in [1.54, 1.807) is 30.3 Å². The largest absolute Gasteiger partial charge is 0.482 e. The smallest absolute Gasteiger partial charge is 0.372 e. The molecule has 10 heteroatoms. The van der Waals surface area contributed by atoms with E-state index in [1.807, 2.05) is 0 Å². The Labute approximate surface area is 180 Å². The van der Waals surface area contributed by atoms with Crippen molar-refractivity contribution in [3.05, 3.63) is 64.5 Å². The number of aliphatic carboxylic acids is 1. The summed E-state index contributed by atoms with van der Waals surface area (Å²) >= 11 is 0.861. The molecule has 0 radical (unpaired) electrons. The highest BCUT2D eigenvalue weighted by Gasteiger charge is 2.12. The predicted molar refractivity (Wildman–Crippen MR) is 112 cm³/mol. The third-order valence-corrected chi connectivity index (χ3v) is 4.68. The molecule has 0 aliphatic heterocycles. The molecule has 31 heavy (non-hydrogen) atoms. The molecule has 1 aromatic heterocycles. The second-order valence-corrected chi connectivity index (χ2v) is 7.29. The van der Waals surface area contributed by atoms with E-state index in [4.69, 9.17) is 19.0 Å². The summed E-state index contributed by atoms with van der Waals surface area (Å²) in [5.74, 6) is -1.10. The number of hydrogen-bond acceptors (Lipinski definition) is 8. The number of carboxylic acid groups (broad SMARTS) is 1. The van der Waals surface area contributed by atoms with Gasteiger partial charge in [-0.25, -0.2) is 14.4 Å². The highest BCUT2D eigenvalue weighted by Crippen LogP contribution is 2.26. The summed E-state index contributed by atoms with van der Waals surface area (Å²) in [5.41, 5.74) is 0.586. The Morgan fingerprint density at radius 3 is 2.52 bits per heavy atom. The fourth-order valence-electron chi connectivity index (χ4n) is 2.64. The van der Waals surface area contributed by atoms with Gasteiger partial charge < -0.3 is 24.3 Å².